The monoisotopic (exact) mass is 311 g/mol. The third-order valence-corrected chi connectivity index (χ3v) is 3.98. The Bertz CT molecular complexity index is 871. The summed E-state index contributed by atoms with van der Waals surface area (Å²) < 4.78 is 3.73. The molecule has 2 heterocycles. The van der Waals surface area contributed by atoms with E-state index in [9.17, 15) is 4.79 Å². The summed E-state index contributed by atoms with van der Waals surface area (Å²) in [5.74, 6) is -0.312. The molecule has 0 aliphatic rings. The molecule has 0 aliphatic carbocycles. The van der Waals surface area contributed by atoms with E-state index in [1.54, 1.807) is 13.8 Å². The van der Waals surface area contributed by atoms with Gasteiger partial charge in [0.25, 0.3) is 5.91 Å². The predicted molar refractivity (Wildman–Crippen MR) is 86.1 cm³/mol. The zero-order valence-corrected chi connectivity index (χ0v) is 12.9. The molecule has 0 saturated carbocycles. The smallest absolute Gasteiger partial charge is 0.266 e. The minimum absolute atomic E-state index is 0.312. The molecule has 0 unspecified atom stereocenters. The Hall–Kier alpha value is -2.67. The highest BCUT2D eigenvalue weighted by atomic mass is 32.1. The zero-order valence-electron chi connectivity index (χ0n) is 12.1. The maximum atomic E-state index is 12.0. The lowest BCUT2D eigenvalue weighted by Crippen LogP contribution is -2.19. The van der Waals surface area contributed by atoms with E-state index in [-0.39, 0.29) is 5.91 Å². The Morgan fingerprint density at radius 1 is 1.23 bits per heavy atom. The van der Waals surface area contributed by atoms with E-state index in [1.165, 1.54) is 0 Å². The van der Waals surface area contributed by atoms with Crippen molar-refractivity contribution in [1.29, 1.82) is 0 Å². The second-order valence-corrected chi connectivity index (χ2v) is 5.47. The molecule has 0 spiro atoms. The normalized spacial score (nSPS) is 11.6. The molecule has 0 fully saturated rings. The van der Waals surface area contributed by atoms with E-state index in [2.05, 4.69) is 25.1 Å². The fourth-order valence-corrected chi connectivity index (χ4v) is 2.50. The molecular weight excluding hydrogens is 298 g/mol. The number of aryl methyl sites for hydroxylation is 1. The van der Waals surface area contributed by atoms with Gasteiger partial charge in [0.1, 0.15) is 4.88 Å². The summed E-state index contributed by atoms with van der Waals surface area (Å²) in [4.78, 5) is 17.0. The molecule has 1 N–H and O–H groups in total. The van der Waals surface area contributed by atoms with Gasteiger partial charge in [-0.15, -0.1) is 5.10 Å². The topological polar surface area (TPSA) is 80.1 Å². The third-order valence-electron chi connectivity index (χ3n) is 3.15. The van der Waals surface area contributed by atoms with Crippen LogP contribution in [0.15, 0.2) is 41.5 Å². The molecule has 3 rings (SSSR count). The van der Waals surface area contributed by atoms with Crippen LogP contribution in [0.4, 0.5) is 0 Å². The van der Waals surface area contributed by atoms with Crippen LogP contribution in [0.5, 0.6) is 0 Å². The average molecular weight is 311 g/mol. The van der Waals surface area contributed by atoms with Crippen molar-refractivity contribution in [3.05, 3.63) is 52.7 Å². The molecule has 0 aliphatic heterocycles. The molecule has 3 aromatic rings. The number of hydrogen-bond donors (Lipinski definition) is 1. The van der Waals surface area contributed by atoms with E-state index in [0.29, 0.717) is 16.3 Å². The van der Waals surface area contributed by atoms with Crippen molar-refractivity contribution in [3.8, 4) is 0 Å². The molecule has 110 valence electrons. The summed E-state index contributed by atoms with van der Waals surface area (Å²) in [7, 11) is 0. The van der Waals surface area contributed by atoms with E-state index in [0.717, 1.165) is 28.1 Å². The summed E-state index contributed by atoms with van der Waals surface area (Å²) in [5.41, 5.74) is 5.35. The largest absolute Gasteiger partial charge is 0.285 e. The maximum absolute atomic E-state index is 12.0. The van der Waals surface area contributed by atoms with Gasteiger partial charge >= 0.3 is 0 Å². The molecule has 7 heteroatoms. The summed E-state index contributed by atoms with van der Waals surface area (Å²) >= 11 is 1.05. The molecule has 1 aromatic carbocycles. The number of carbonyl (C=O) groups is 1. The lowest BCUT2D eigenvalue weighted by Gasteiger charge is -2.03. The fourth-order valence-electron chi connectivity index (χ4n) is 1.95. The van der Waals surface area contributed by atoms with Gasteiger partial charge in [0, 0.05) is 5.39 Å². The first-order valence-electron chi connectivity index (χ1n) is 6.65. The molecule has 0 saturated heterocycles. The van der Waals surface area contributed by atoms with Crippen LogP contribution in [0.3, 0.4) is 0 Å². The average Bonchev–Trinajstić information content (AvgIpc) is 2.98. The first-order chi connectivity index (χ1) is 10.6. The van der Waals surface area contributed by atoms with E-state index >= 15 is 0 Å². The number of hydrazone groups is 1. The van der Waals surface area contributed by atoms with Crippen molar-refractivity contribution >= 4 is 34.1 Å². The van der Waals surface area contributed by atoms with Crippen LogP contribution in [0, 0.1) is 6.92 Å². The quantitative estimate of drug-likeness (QED) is 0.595. The Morgan fingerprint density at radius 3 is 2.82 bits per heavy atom. The van der Waals surface area contributed by atoms with Gasteiger partial charge < -0.3 is 0 Å². The molecule has 6 nitrogen and oxygen atoms in total. The van der Waals surface area contributed by atoms with Crippen LogP contribution >= 0.6 is 11.5 Å². The van der Waals surface area contributed by atoms with Crippen molar-refractivity contribution in [1.82, 2.24) is 20.0 Å². The van der Waals surface area contributed by atoms with E-state index in [4.69, 9.17) is 0 Å². The minimum atomic E-state index is -0.312. The molecule has 1 amide bonds. The number of aromatic nitrogens is 3. The Morgan fingerprint density at radius 2 is 2.05 bits per heavy atom. The number of rotatable bonds is 3. The number of nitrogens with one attached hydrogen (secondary N) is 1. The van der Waals surface area contributed by atoms with Crippen LogP contribution in [0.1, 0.15) is 28.0 Å². The molecule has 0 radical (unpaired) electrons. The van der Waals surface area contributed by atoms with Gasteiger partial charge in [-0.1, -0.05) is 28.8 Å². The number of para-hydroxylation sites is 1. The van der Waals surface area contributed by atoms with E-state index < -0.39 is 0 Å². The van der Waals surface area contributed by atoms with Gasteiger partial charge in [-0.05, 0) is 37.5 Å². The highest BCUT2D eigenvalue weighted by Crippen LogP contribution is 2.12. The first kappa shape index (κ1) is 14.3. The Balaban J connectivity index is 1.81. The lowest BCUT2D eigenvalue weighted by molar-refractivity contribution is 0.0958. The van der Waals surface area contributed by atoms with Gasteiger partial charge in [0.2, 0.25) is 0 Å². The van der Waals surface area contributed by atoms with Gasteiger partial charge in [0.05, 0.1) is 22.6 Å². The minimum Gasteiger partial charge on any atom is -0.266 e. The number of hydrogen-bond acceptors (Lipinski definition) is 6. The highest BCUT2D eigenvalue weighted by molar-refractivity contribution is 7.07. The number of pyridine rings is 1. The number of fused-ring (bicyclic) bond motifs is 1. The highest BCUT2D eigenvalue weighted by Gasteiger charge is 2.12. The molecular formula is C15H13N5OS. The van der Waals surface area contributed by atoms with Gasteiger partial charge in [-0.2, -0.15) is 5.10 Å². The number of nitrogens with zero attached hydrogens (tertiary/aromatic N) is 4. The Labute approximate surface area is 131 Å². The van der Waals surface area contributed by atoms with Crippen LogP contribution in [0.2, 0.25) is 0 Å². The van der Waals surface area contributed by atoms with Crippen LogP contribution in [-0.4, -0.2) is 26.2 Å². The summed E-state index contributed by atoms with van der Waals surface area (Å²) in [6.45, 7) is 3.54. The Kier molecular flexibility index (Phi) is 3.88. The molecule has 0 bridgehead atoms. The first-order valence-corrected chi connectivity index (χ1v) is 7.42. The summed E-state index contributed by atoms with van der Waals surface area (Å²) in [5, 5.41) is 8.97. The van der Waals surface area contributed by atoms with Crippen molar-refractivity contribution in [3.63, 3.8) is 0 Å². The number of carbonyl (C=O) groups excluding carboxylic acids is 1. The SMILES string of the molecule is C/C(=N\NC(=O)c1snnc1C)c1ccc2ccccc2n1. The van der Waals surface area contributed by atoms with Crippen molar-refractivity contribution < 1.29 is 4.79 Å². The van der Waals surface area contributed by atoms with Crippen molar-refractivity contribution in [2.45, 2.75) is 13.8 Å². The van der Waals surface area contributed by atoms with Crippen molar-refractivity contribution in [2.75, 3.05) is 0 Å². The molecule has 0 atom stereocenters. The standard InChI is InChI=1S/C15H13N5OS/c1-9(17-19-15(21)14-10(2)18-20-22-14)12-8-7-11-5-3-4-6-13(11)16-12/h3-8H,1-2H3,(H,19,21)/b17-9+. The third kappa shape index (κ3) is 2.84. The van der Waals surface area contributed by atoms with Crippen molar-refractivity contribution in [2.24, 2.45) is 5.10 Å². The summed E-state index contributed by atoms with van der Waals surface area (Å²) in [6.07, 6.45) is 0. The molecule has 22 heavy (non-hydrogen) atoms. The fraction of sp³-hybridized carbons (Fsp3) is 0.133. The van der Waals surface area contributed by atoms with Gasteiger partial charge in [0.15, 0.2) is 0 Å². The van der Waals surface area contributed by atoms with Gasteiger partial charge in [-0.25, -0.2) is 10.4 Å². The van der Waals surface area contributed by atoms with Crippen LogP contribution in [-0.2, 0) is 0 Å². The van der Waals surface area contributed by atoms with Crippen LogP contribution < -0.4 is 5.43 Å². The van der Waals surface area contributed by atoms with Crippen LogP contribution in [0.25, 0.3) is 10.9 Å². The van der Waals surface area contributed by atoms with Gasteiger partial charge in [-0.3, -0.25) is 4.79 Å². The van der Waals surface area contributed by atoms with E-state index in [1.807, 2.05) is 36.4 Å². The second-order valence-electron chi connectivity index (χ2n) is 4.71. The maximum Gasteiger partial charge on any atom is 0.285 e. The summed E-state index contributed by atoms with van der Waals surface area (Å²) in [6, 6.07) is 11.7. The number of amides is 1. The lowest BCUT2D eigenvalue weighted by atomic mass is 10.2. The number of benzene rings is 1. The predicted octanol–water partition coefficient (Wildman–Crippen LogP) is 2.55. The second kappa shape index (κ2) is 5.98. The zero-order chi connectivity index (χ0) is 15.5. The molecule has 2 aromatic heterocycles.